The smallest absolute Gasteiger partial charge is 0.188 e. The monoisotopic (exact) mass is 256 g/mol. The van der Waals surface area contributed by atoms with Crippen LogP contribution >= 0.6 is 0 Å². The van der Waals surface area contributed by atoms with Crippen LogP contribution in [0.2, 0.25) is 0 Å². The molecule has 0 amide bonds. The Morgan fingerprint density at radius 2 is 2.00 bits per heavy atom. The predicted molar refractivity (Wildman–Crippen MR) is 75.8 cm³/mol. The second kappa shape index (κ2) is 8.32. The molecular weight excluding hydrogens is 228 g/mol. The van der Waals surface area contributed by atoms with Gasteiger partial charge < -0.3 is 15.8 Å². The third-order valence-electron chi connectivity index (χ3n) is 3.22. The number of nitrogens with zero attached hydrogens (tertiary/aromatic N) is 2. The molecule has 1 aliphatic heterocycles. The van der Waals surface area contributed by atoms with Crippen LogP contribution in [0.3, 0.4) is 0 Å². The van der Waals surface area contributed by atoms with E-state index < -0.39 is 0 Å². The highest BCUT2D eigenvalue weighted by Gasteiger charge is 2.16. The average molecular weight is 256 g/mol. The molecule has 106 valence electrons. The van der Waals surface area contributed by atoms with Crippen molar-refractivity contribution in [2.24, 2.45) is 16.6 Å². The van der Waals surface area contributed by atoms with Gasteiger partial charge in [-0.1, -0.05) is 13.8 Å². The van der Waals surface area contributed by atoms with Gasteiger partial charge in [-0.2, -0.15) is 0 Å². The minimum atomic E-state index is 0.430. The van der Waals surface area contributed by atoms with Crippen LogP contribution in [0.5, 0.6) is 0 Å². The van der Waals surface area contributed by atoms with Gasteiger partial charge in [0.15, 0.2) is 5.96 Å². The number of aliphatic imine (C=N–C) groups is 1. The zero-order chi connectivity index (χ0) is 13.4. The predicted octanol–water partition coefficient (Wildman–Crippen LogP) is 0.658. The van der Waals surface area contributed by atoms with E-state index in [1.807, 2.05) is 0 Å². The van der Waals surface area contributed by atoms with Crippen LogP contribution in [0.15, 0.2) is 4.99 Å². The van der Waals surface area contributed by atoms with E-state index in [1.165, 1.54) is 0 Å². The molecule has 1 fully saturated rings. The molecule has 0 saturated carbocycles. The summed E-state index contributed by atoms with van der Waals surface area (Å²) in [6.07, 6.45) is 1.12. The molecule has 18 heavy (non-hydrogen) atoms. The van der Waals surface area contributed by atoms with Gasteiger partial charge in [0.1, 0.15) is 0 Å². The standard InChI is InChI=1S/C13H28N4O/c1-11(2)4-5-15-13(14)16-10-12(3)17-6-8-18-9-7-17/h11-12H,4-10H2,1-3H3,(H3,14,15,16). The first kappa shape index (κ1) is 15.2. The Bertz CT molecular complexity index is 249. The molecule has 5 heteroatoms. The van der Waals surface area contributed by atoms with Crippen LogP contribution in [-0.4, -0.2) is 56.3 Å². The van der Waals surface area contributed by atoms with Gasteiger partial charge in [0, 0.05) is 25.7 Å². The normalized spacial score (nSPS) is 20.1. The molecule has 3 N–H and O–H groups in total. The van der Waals surface area contributed by atoms with Crippen LogP contribution in [0.1, 0.15) is 27.2 Å². The van der Waals surface area contributed by atoms with Crippen LogP contribution < -0.4 is 11.1 Å². The number of hydrogen-bond donors (Lipinski definition) is 2. The average Bonchev–Trinajstić information content (AvgIpc) is 2.36. The quantitative estimate of drug-likeness (QED) is 0.541. The molecule has 0 aliphatic carbocycles. The van der Waals surface area contributed by atoms with E-state index in [2.05, 4.69) is 36.0 Å². The molecular formula is C13H28N4O. The largest absolute Gasteiger partial charge is 0.379 e. The number of guanidine groups is 1. The second-order valence-corrected chi connectivity index (χ2v) is 5.33. The Labute approximate surface area is 111 Å². The number of nitrogens with one attached hydrogen (secondary N) is 1. The Morgan fingerprint density at radius 3 is 2.61 bits per heavy atom. The highest BCUT2D eigenvalue weighted by atomic mass is 16.5. The van der Waals surface area contributed by atoms with Crippen LogP contribution in [0.4, 0.5) is 0 Å². The van der Waals surface area contributed by atoms with E-state index in [9.17, 15) is 0 Å². The lowest BCUT2D eigenvalue weighted by molar-refractivity contribution is 0.0220. The van der Waals surface area contributed by atoms with Gasteiger partial charge in [-0.05, 0) is 19.3 Å². The van der Waals surface area contributed by atoms with Gasteiger partial charge >= 0.3 is 0 Å². The number of ether oxygens (including phenoxy) is 1. The summed E-state index contributed by atoms with van der Waals surface area (Å²) in [5.41, 5.74) is 5.83. The fourth-order valence-corrected chi connectivity index (χ4v) is 1.91. The van der Waals surface area contributed by atoms with Crippen LogP contribution in [0.25, 0.3) is 0 Å². The molecule has 0 spiro atoms. The SMILES string of the molecule is CC(C)CCNC(N)=NCC(C)N1CCOCC1. The van der Waals surface area contributed by atoms with E-state index in [0.29, 0.717) is 17.9 Å². The molecule has 0 aromatic rings. The lowest BCUT2D eigenvalue weighted by atomic mass is 10.1. The summed E-state index contributed by atoms with van der Waals surface area (Å²) in [6, 6.07) is 0.430. The van der Waals surface area contributed by atoms with E-state index in [4.69, 9.17) is 10.5 Å². The molecule has 1 rings (SSSR count). The Morgan fingerprint density at radius 1 is 1.33 bits per heavy atom. The van der Waals surface area contributed by atoms with Gasteiger partial charge in [0.2, 0.25) is 0 Å². The summed E-state index contributed by atoms with van der Waals surface area (Å²) in [7, 11) is 0. The van der Waals surface area contributed by atoms with Crippen molar-refractivity contribution in [2.45, 2.75) is 33.2 Å². The zero-order valence-corrected chi connectivity index (χ0v) is 12.0. The van der Waals surface area contributed by atoms with Crippen molar-refractivity contribution in [3.05, 3.63) is 0 Å². The number of morpholine rings is 1. The fraction of sp³-hybridized carbons (Fsp3) is 0.923. The number of nitrogens with two attached hydrogens (primary N) is 1. The van der Waals surface area contributed by atoms with E-state index in [1.54, 1.807) is 0 Å². The van der Waals surface area contributed by atoms with Crippen molar-refractivity contribution >= 4 is 5.96 Å². The van der Waals surface area contributed by atoms with Gasteiger partial charge in [0.25, 0.3) is 0 Å². The van der Waals surface area contributed by atoms with Crippen molar-refractivity contribution in [1.82, 2.24) is 10.2 Å². The van der Waals surface area contributed by atoms with Crippen molar-refractivity contribution < 1.29 is 4.74 Å². The van der Waals surface area contributed by atoms with Crippen molar-refractivity contribution in [3.63, 3.8) is 0 Å². The van der Waals surface area contributed by atoms with Crippen molar-refractivity contribution in [2.75, 3.05) is 39.4 Å². The third kappa shape index (κ3) is 6.21. The highest BCUT2D eigenvalue weighted by Crippen LogP contribution is 2.03. The summed E-state index contributed by atoms with van der Waals surface area (Å²) in [5, 5.41) is 3.16. The lowest BCUT2D eigenvalue weighted by Gasteiger charge is -2.31. The zero-order valence-electron chi connectivity index (χ0n) is 12.0. The second-order valence-electron chi connectivity index (χ2n) is 5.33. The first-order valence-corrected chi connectivity index (χ1v) is 6.95. The van der Waals surface area contributed by atoms with Crippen LogP contribution in [0, 0.1) is 5.92 Å². The molecule has 1 unspecified atom stereocenters. The lowest BCUT2D eigenvalue weighted by Crippen LogP contribution is -2.44. The number of rotatable bonds is 6. The maximum atomic E-state index is 5.83. The maximum absolute atomic E-state index is 5.83. The summed E-state index contributed by atoms with van der Waals surface area (Å²) in [4.78, 5) is 6.79. The van der Waals surface area contributed by atoms with Gasteiger partial charge in [0.05, 0.1) is 19.8 Å². The maximum Gasteiger partial charge on any atom is 0.188 e. The van der Waals surface area contributed by atoms with Gasteiger partial charge in [-0.15, -0.1) is 0 Å². The summed E-state index contributed by atoms with van der Waals surface area (Å²) >= 11 is 0. The molecule has 0 aromatic carbocycles. The van der Waals surface area contributed by atoms with E-state index >= 15 is 0 Å². The Hall–Kier alpha value is -0.810. The van der Waals surface area contributed by atoms with Crippen LogP contribution in [-0.2, 0) is 4.74 Å². The van der Waals surface area contributed by atoms with Gasteiger partial charge in [-0.3, -0.25) is 9.89 Å². The van der Waals surface area contributed by atoms with Crippen molar-refractivity contribution in [3.8, 4) is 0 Å². The minimum Gasteiger partial charge on any atom is -0.379 e. The Kier molecular flexibility index (Phi) is 7.05. The molecule has 0 bridgehead atoms. The molecule has 5 nitrogen and oxygen atoms in total. The third-order valence-corrected chi connectivity index (χ3v) is 3.22. The summed E-state index contributed by atoms with van der Waals surface area (Å²) in [6.45, 7) is 11.9. The Balaban J connectivity index is 2.20. The molecule has 0 radical (unpaired) electrons. The highest BCUT2D eigenvalue weighted by molar-refractivity contribution is 5.77. The molecule has 1 aliphatic rings. The number of hydrogen-bond acceptors (Lipinski definition) is 3. The fourth-order valence-electron chi connectivity index (χ4n) is 1.91. The summed E-state index contributed by atoms with van der Waals surface area (Å²) < 4.78 is 5.34. The summed E-state index contributed by atoms with van der Waals surface area (Å²) in [5.74, 6) is 1.26. The molecule has 1 saturated heterocycles. The topological polar surface area (TPSA) is 62.9 Å². The minimum absolute atomic E-state index is 0.430. The first-order chi connectivity index (χ1) is 8.59. The van der Waals surface area contributed by atoms with E-state index in [-0.39, 0.29) is 0 Å². The first-order valence-electron chi connectivity index (χ1n) is 6.95. The molecule has 0 aromatic heterocycles. The van der Waals surface area contributed by atoms with E-state index in [0.717, 1.165) is 45.8 Å². The van der Waals surface area contributed by atoms with Crippen molar-refractivity contribution in [1.29, 1.82) is 0 Å². The van der Waals surface area contributed by atoms with Gasteiger partial charge in [-0.25, -0.2) is 0 Å². The molecule has 1 heterocycles. The molecule has 1 atom stereocenters.